The SMILES string of the molecule is CC(=O)NS(=O)(=O)c1ccc(NC(=O)COc2ccccc2C)cc1. The second-order valence-electron chi connectivity index (χ2n) is 5.29. The third kappa shape index (κ3) is 5.32. The number of hydrogen-bond donors (Lipinski definition) is 2. The van der Waals surface area contributed by atoms with Crippen molar-refractivity contribution in [1.82, 2.24) is 4.72 Å². The molecule has 2 aromatic carbocycles. The summed E-state index contributed by atoms with van der Waals surface area (Å²) in [7, 11) is -3.89. The van der Waals surface area contributed by atoms with E-state index in [9.17, 15) is 18.0 Å². The largest absolute Gasteiger partial charge is 0.483 e. The predicted molar refractivity (Wildman–Crippen MR) is 92.7 cm³/mol. The Bertz CT molecular complexity index is 876. The molecule has 25 heavy (non-hydrogen) atoms. The molecule has 0 aliphatic rings. The Morgan fingerprint density at radius 1 is 1.04 bits per heavy atom. The van der Waals surface area contributed by atoms with Crippen molar-refractivity contribution in [1.29, 1.82) is 0 Å². The van der Waals surface area contributed by atoms with E-state index < -0.39 is 15.9 Å². The lowest BCUT2D eigenvalue weighted by Crippen LogP contribution is -2.28. The van der Waals surface area contributed by atoms with Gasteiger partial charge in [-0.3, -0.25) is 9.59 Å². The molecule has 0 saturated heterocycles. The van der Waals surface area contributed by atoms with Crippen LogP contribution in [0.4, 0.5) is 5.69 Å². The number of para-hydroxylation sites is 1. The van der Waals surface area contributed by atoms with Crippen LogP contribution in [0.1, 0.15) is 12.5 Å². The number of nitrogens with one attached hydrogen (secondary N) is 2. The number of amides is 2. The van der Waals surface area contributed by atoms with E-state index >= 15 is 0 Å². The highest BCUT2D eigenvalue weighted by molar-refractivity contribution is 7.90. The van der Waals surface area contributed by atoms with Crippen LogP contribution in [-0.2, 0) is 19.6 Å². The summed E-state index contributed by atoms with van der Waals surface area (Å²) >= 11 is 0. The van der Waals surface area contributed by atoms with Crippen LogP contribution in [0.2, 0.25) is 0 Å². The fourth-order valence-electron chi connectivity index (χ4n) is 2.02. The molecule has 2 N–H and O–H groups in total. The van der Waals surface area contributed by atoms with Gasteiger partial charge in [0.15, 0.2) is 6.61 Å². The molecule has 8 heteroatoms. The zero-order chi connectivity index (χ0) is 18.4. The maximum Gasteiger partial charge on any atom is 0.264 e. The second kappa shape index (κ2) is 7.80. The molecule has 2 aromatic rings. The Hall–Kier alpha value is -2.87. The van der Waals surface area contributed by atoms with Gasteiger partial charge in [0.25, 0.3) is 15.9 Å². The van der Waals surface area contributed by atoms with Crippen molar-refractivity contribution in [2.24, 2.45) is 0 Å². The van der Waals surface area contributed by atoms with Crippen LogP contribution in [0.3, 0.4) is 0 Å². The number of ether oxygens (including phenoxy) is 1. The smallest absolute Gasteiger partial charge is 0.264 e. The molecular formula is C17H18N2O5S. The lowest BCUT2D eigenvalue weighted by molar-refractivity contribution is -0.118. The molecule has 0 aromatic heterocycles. The maximum atomic E-state index is 11.9. The van der Waals surface area contributed by atoms with E-state index in [1.807, 2.05) is 29.8 Å². The summed E-state index contributed by atoms with van der Waals surface area (Å²) in [5.74, 6) is -0.430. The second-order valence-corrected chi connectivity index (χ2v) is 6.97. The minimum Gasteiger partial charge on any atom is -0.483 e. The highest BCUT2D eigenvalue weighted by atomic mass is 32.2. The molecule has 0 bridgehead atoms. The number of rotatable bonds is 6. The van der Waals surface area contributed by atoms with E-state index in [2.05, 4.69) is 5.32 Å². The van der Waals surface area contributed by atoms with E-state index in [0.717, 1.165) is 12.5 Å². The summed E-state index contributed by atoms with van der Waals surface area (Å²) in [6, 6.07) is 12.8. The first-order valence-electron chi connectivity index (χ1n) is 7.39. The number of sulfonamides is 1. The quantitative estimate of drug-likeness (QED) is 0.816. The van der Waals surface area contributed by atoms with Gasteiger partial charge in [-0.15, -0.1) is 0 Å². The van der Waals surface area contributed by atoms with Crippen LogP contribution in [-0.4, -0.2) is 26.8 Å². The number of benzene rings is 2. The molecule has 0 atom stereocenters. The van der Waals surface area contributed by atoms with Gasteiger partial charge in [-0.25, -0.2) is 13.1 Å². The van der Waals surface area contributed by atoms with E-state index in [0.29, 0.717) is 11.4 Å². The van der Waals surface area contributed by atoms with Crippen molar-refractivity contribution < 1.29 is 22.7 Å². The lowest BCUT2D eigenvalue weighted by Gasteiger charge is -2.10. The standard InChI is InChI=1S/C17H18N2O5S/c1-12-5-3-4-6-16(12)24-11-17(21)18-14-7-9-15(10-8-14)25(22,23)19-13(2)20/h3-10H,11H2,1-2H3,(H,18,21)(H,19,20). The van der Waals surface area contributed by atoms with Gasteiger partial charge in [-0.1, -0.05) is 18.2 Å². The molecule has 7 nitrogen and oxygen atoms in total. The van der Waals surface area contributed by atoms with E-state index in [4.69, 9.17) is 4.74 Å². The third-order valence-corrected chi connectivity index (χ3v) is 4.63. The zero-order valence-electron chi connectivity index (χ0n) is 13.8. The van der Waals surface area contributed by atoms with Gasteiger partial charge in [0.2, 0.25) is 5.91 Å². The summed E-state index contributed by atoms with van der Waals surface area (Å²) in [4.78, 5) is 22.7. The molecule has 0 unspecified atom stereocenters. The fourth-order valence-corrected chi connectivity index (χ4v) is 3.01. The van der Waals surface area contributed by atoms with Crippen LogP contribution in [0.15, 0.2) is 53.4 Å². The van der Waals surface area contributed by atoms with Crippen molar-refractivity contribution in [3.05, 3.63) is 54.1 Å². The average Bonchev–Trinajstić information content (AvgIpc) is 2.53. The van der Waals surface area contributed by atoms with E-state index in [1.165, 1.54) is 24.3 Å². The summed E-state index contributed by atoms with van der Waals surface area (Å²) in [6.07, 6.45) is 0. The van der Waals surface area contributed by atoms with Gasteiger partial charge in [-0.2, -0.15) is 0 Å². The normalized spacial score (nSPS) is 10.8. The zero-order valence-corrected chi connectivity index (χ0v) is 14.6. The Balaban J connectivity index is 1.96. The van der Waals surface area contributed by atoms with E-state index in [-0.39, 0.29) is 17.4 Å². The minimum atomic E-state index is -3.89. The van der Waals surface area contributed by atoms with Crippen molar-refractivity contribution in [2.45, 2.75) is 18.7 Å². The van der Waals surface area contributed by atoms with Gasteiger partial charge >= 0.3 is 0 Å². The summed E-state index contributed by atoms with van der Waals surface area (Å²) in [5.41, 5.74) is 1.34. The first-order valence-corrected chi connectivity index (χ1v) is 8.88. The molecular weight excluding hydrogens is 344 g/mol. The monoisotopic (exact) mass is 362 g/mol. The van der Waals surface area contributed by atoms with Crippen LogP contribution >= 0.6 is 0 Å². The summed E-state index contributed by atoms with van der Waals surface area (Å²) in [5, 5.41) is 2.60. The van der Waals surface area contributed by atoms with Crippen LogP contribution in [0.5, 0.6) is 5.75 Å². The molecule has 0 fully saturated rings. The van der Waals surface area contributed by atoms with Crippen LogP contribution < -0.4 is 14.8 Å². The molecule has 0 spiro atoms. The van der Waals surface area contributed by atoms with Crippen molar-refractivity contribution in [2.75, 3.05) is 11.9 Å². The molecule has 0 aliphatic heterocycles. The Labute approximate surface area is 146 Å². The Kier molecular flexibility index (Phi) is 5.76. The van der Waals surface area contributed by atoms with E-state index in [1.54, 1.807) is 6.07 Å². The molecule has 2 amide bonds. The van der Waals surface area contributed by atoms with Crippen molar-refractivity contribution in [3.63, 3.8) is 0 Å². The average molecular weight is 362 g/mol. The fraction of sp³-hybridized carbons (Fsp3) is 0.176. The Morgan fingerprint density at radius 2 is 1.68 bits per heavy atom. The molecule has 2 rings (SSSR count). The minimum absolute atomic E-state index is 0.0724. The maximum absolute atomic E-state index is 11.9. The molecule has 0 heterocycles. The first-order chi connectivity index (χ1) is 11.8. The number of hydrogen-bond acceptors (Lipinski definition) is 5. The topological polar surface area (TPSA) is 102 Å². The molecule has 132 valence electrons. The summed E-state index contributed by atoms with van der Waals surface area (Å²) < 4.78 is 31.0. The highest BCUT2D eigenvalue weighted by Crippen LogP contribution is 2.17. The third-order valence-electron chi connectivity index (χ3n) is 3.18. The number of carbonyl (C=O) groups excluding carboxylic acids is 2. The van der Waals surface area contributed by atoms with Gasteiger partial charge in [0.1, 0.15) is 5.75 Å². The van der Waals surface area contributed by atoms with Gasteiger partial charge in [0, 0.05) is 12.6 Å². The Morgan fingerprint density at radius 3 is 2.28 bits per heavy atom. The number of anilines is 1. The molecule has 0 saturated carbocycles. The molecule has 0 radical (unpaired) electrons. The van der Waals surface area contributed by atoms with Gasteiger partial charge < -0.3 is 10.1 Å². The highest BCUT2D eigenvalue weighted by Gasteiger charge is 2.15. The first kappa shape index (κ1) is 18.5. The summed E-state index contributed by atoms with van der Waals surface area (Å²) in [6.45, 7) is 2.82. The predicted octanol–water partition coefficient (Wildman–Crippen LogP) is 1.84. The van der Waals surface area contributed by atoms with Crippen molar-refractivity contribution in [3.8, 4) is 5.75 Å². The van der Waals surface area contributed by atoms with Crippen LogP contribution in [0.25, 0.3) is 0 Å². The number of carbonyl (C=O) groups is 2. The van der Waals surface area contributed by atoms with Crippen molar-refractivity contribution >= 4 is 27.5 Å². The lowest BCUT2D eigenvalue weighted by atomic mass is 10.2. The van der Waals surface area contributed by atoms with Gasteiger partial charge in [0.05, 0.1) is 4.90 Å². The van der Waals surface area contributed by atoms with Crippen LogP contribution in [0, 0.1) is 6.92 Å². The molecule has 0 aliphatic carbocycles. The number of aryl methyl sites for hydroxylation is 1. The van der Waals surface area contributed by atoms with Gasteiger partial charge in [-0.05, 0) is 42.8 Å².